The zero-order valence-corrected chi connectivity index (χ0v) is 10.5. The number of carbonyl (C=O) groups excluding carboxylic acids is 1. The number of aromatic nitrogens is 1. The SMILES string of the molecule is Cc1ccsc1C(=O)c1c[nH]c2cccc(F)c12. The van der Waals surface area contributed by atoms with Gasteiger partial charge in [0.1, 0.15) is 5.82 Å². The molecule has 1 aromatic carbocycles. The van der Waals surface area contributed by atoms with Crippen LogP contribution in [-0.4, -0.2) is 10.8 Å². The number of fused-ring (bicyclic) bond motifs is 1. The number of nitrogens with one attached hydrogen (secondary N) is 1. The molecule has 4 heteroatoms. The van der Waals surface area contributed by atoms with E-state index in [1.165, 1.54) is 17.4 Å². The van der Waals surface area contributed by atoms with Crippen LogP contribution in [0.3, 0.4) is 0 Å². The average Bonchev–Trinajstić information content (AvgIpc) is 2.95. The van der Waals surface area contributed by atoms with E-state index in [2.05, 4.69) is 4.98 Å². The van der Waals surface area contributed by atoms with Gasteiger partial charge in [-0.1, -0.05) is 6.07 Å². The topological polar surface area (TPSA) is 32.9 Å². The summed E-state index contributed by atoms with van der Waals surface area (Å²) in [5.41, 5.74) is 1.97. The maximum absolute atomic E-state index is 13.8. The highest BCUT2D eigenvalue weighted by Crippen LogP contribution is 2.26. The number of carbonyl (C=O) groups is 1. The Hall–Kier alpha value is -1.94. The molecule has 2 aromatic heterocycles. The second-order valence-electron chi connectivity index (χ2n) is 4.13. The fraction of sp³-hybridized carbons (Fsp3) is 0.0714. The number of ketones is 1. The molecule has 0 amide bonds. The van der Waals surface area contributed by atoms with Gasteiger partial charge in [0, 0.05) is 17.1 Å². The minimum absolute atomic E-state index is 0.126. The normalized spacial score (nSPS) is 11.0. The number of halogens is 1. The van der Waals surface area contributed by atoms with Crippen molar-refractivity contribution in [1.82, 2.24) is 4.98 Å². The van der Waals surface area contributed by atoms with Crippen molar-refractivity contribution in [2.75, 3.05) is 0 Å². The number of aromatic amines is 1. The summed E-state index contributed by atoms with van der Waals surface area (Å²) in [5.74, 6) is -0.495. The van der Waals surface area contributed by atoms with E-state index in [4.69, 9.17) is 0 Å². The molecule has 0 atom stereocenters. The predicted molar refractivity (Wildman–Crippen MR) is 70.7 cm³/mol. The van der Waals surface area contributed by atoms with Crippen LogP contribution in [0.4, 0.5) is 4.39 Å². The molecule has 3 aromatic rings. The molecule has 0 saturated heterocycles. The maximum Gasteiger partial charge on any atom is 0.205 e. The Kier molecular flexibility index (Phi) is 2.52. The summed E-state index contributed by atoms with van der Waals surface area (Å²) in [5, 5.41) is 2.24. The van der Waals surface area contributed by atoms with Gasteiger partial charge < -0.3 is 4.98 Å². The Balaban J connectivity index is 2.22. The number of rotatable bonds is 2. The van der Waals surface area contributed by atoms with Gasteiger partial charge in [-0.3, -0.25) is 4.79 Å². The fourth-order valence-electron chi connectivity index (χ4n) is 2.05. The third kappa shape index (κ3) is 1.57. The van der Waals surface area contributed by atoms with E-state index >= 15 is 0 Å². The highest BCUT2D eigenvalue weighted by molar-refractivity contribution is 7.12. The van der Waals surface area contributed by atoms with Gasteiger partial charge in [-0.05, 0) is 36.1 Å². The molecule has 0 radical (unpaired) electrons. The molecule has 90 valence electrons. The summed E-state index contributed by atoms with van der Waals surface area (Å²) >= 11 is 1.38. The van der Waals surface area contributed by atoms with Crippen LogP contribution in [0.2, 0.25) is 0 Å². The Morgan fingerprint density at radius 1 is 1.33 bits per heavy atom. The average molecular weight is 259 g/mol. The van der Waals surface area contributed by atoms with Crippen molar-refractivity contribution in [1.29, 1.82) is 0 Å². The van der Waals surface area contributed by atoms with Gasteiger partial charge in [0.05, 0.1) is 10.4 Å². The Bertz CT molecular complexity index is 741. The van der Waals surface area contributed by atoms with E-state index < -0.39 is 0 Å². The second-order valence-corrected chi connectivity index (χ2v) is 5.04. The molecule has 0 aliphatic carbocycles. The molecule has 1 N–H and O–H groups in total. The lowest BCUT2D eigenvalue weighted by atomic mass is 10.1. The van der Waals surface area contributed by atoms with E-state index in [-0.39, 0.29) is 11.6 Å². The van der Waals surface area contributed by atoms with Crippen molar-refractivity contribution in [2.24, 2.45) is 0 Å². The van der Waals surface area contributed by atoms with Crippen molar-refractivity contribution >= 4 is 28.0 Å². The van der Waals surface area contributed by atoms with Crippen LogP contribution in [0.25, 0.3) is 10.9 Å². The molecule has 0 aliphatic heterocycles. The summed E-state index contributed by atoms with van der Waals surface area (Å²) < 4.78 is 13.8. The minimum Gasteiger partial charge on any atom is -0.360 e. The van der Waals surface area contributed by atoms with E-state index in [1.807, 2.05) is 18.4 Å². The summed E-state index contributed by atoms with van der Waals surface area (Å²) in [4.78, 5) is 16.0. The Labute approximate surface area is 107 Å². The largest absolute Gasteiger partial charge is 0.360 e. The van der Waals surface area contributed by atoms with Gasteiger partial charge in [-0.25, -0.2) is 4.39 Å². The lowest BCUT2D eigenvalue weighted by Gasteiger charge is -1.99. The quantitative estimate of drug-likeness (QED) is 0.695. The monoisotopic (exact) mass is 259 g/mol. The molecule has 18 heavy (non-hydrogen) atoms. The van der Waals surface area contributed by atoms with Crippen LogP contribution in [-0.2, 0) is 0 Å². The van der Waals surface area contributed by atoms with Gasteiger partial charge in [0.25, 0.3) is 0 Å². The Morgan fingerprint density at radius 2 is 2.17 bits per heavy atom. The summed E-state index contributed by atoms with van der Waals surface area (Å²) in [6, 6.07) is 6.65. The van der Waals surface area contributed by atoms with Crippen LogP contribution >= 0.6 is 11.3 Å². The first kappa shape index (κ1) is 11.2. The third-order valence-electron chi connectivity index (χ3n) is 2.97. The standard InChI is InChI=1S/C14H10FNOS/c1-8-5-6-18-14(8)13(17)9-7-16-11-4-2-3-10(15)12(9)11/h2-7,16H,1H3. The number of H-pyrrole nitrogens is 1. The van der Waals surface area contributed by atoms with Crippen molar-refractivity contribution < 1.29 is 9.18 Å². The Morgan fingerprint density at radius 3 is 2.89 bits per heavy atom. The molecule has 0 bridgehead atoms. The van der Waals surface area contributed by atoms with Gasteiger partial charge >= 0.3 is 0 Å². The number of aryl methyl sites for hydroxylation is 1. The molecule has 2 nitrogen and oxygen atoms in total. The van der Waals surface area contributed by atoms with E-state index in [0.717, 1.165) is 5.56 Å². The maximum atomic E-state index is 13.8. The van der Waals surface area contributed by atoms with Crippen molar-refractivity contribution in [3.05, 3.63) is 57.7 Å². The van der Waals surface area contributed by atoms with Gasteiger partial charge in [0.15, 0.2) is 0 Å². The van der Waals surface area contributed by atoms with E-state index in [0.29, 0.717) is 21.3 Å². The van der Waals surface area contributed by atoms with Crippen LogP contribution in [0, 0.1) is 12.7 Å². The lowest BCUT2D eigenvalue weighted by Crippen LogP contribution is -2.00. The number of benzene rings is 1. The number of hydrogen-bond donors (Lipinski definition) is 1. The second kappa shape index (κ2) is 4.07. The summed E-state index contributed by atoms with van der Waals surface area (Å²) in [6.45, 7) is 1.88. The first-order valence-electron chi connectivity index (χ1n) is 5.53. The first-order valence-corrected chi connectivity index (χ1v) is 6.41. The first-order chi connectivity index (χ1) is 8.68. The summed E-state index contributed by atoms with van der Waals surface area (Å²) in [7, 11) is 0. The van der Waals surface area contributed by atoms with Crippen LogP contribution in [0.5, 0.6) is 0 Å². The van der Waals surface area contributed by atoms with Crippen LogP contribution < -0.4 is 0 Å². The van der Waals surface area contributed by atoms with Gasteiger partial charge in [-0.2, -0.15) is 0 Å². The molecule has 0 aliphatic rings. The van der Waals surface area contributed by atoms with Gasteiger partial charge in [-0.15, -0.1) is 11.3 Å². The molecule has 0 spiro atoms. The molecule has 2 heterocycles. The van der Waals surface area contributed by atoms with Crippen molar-refractivity contribution in [2.45, 2.75) is 6.92 Å². The number of thiophene rings is 1. The molecule has 0 unspecified atom stereocenters. The zero-order valence-electron chi connectivity index (χ0n) is 9.66. The minimum atomic E-state index is -0.369. The molecule has 0 fully saturated rings. The molecule has 3 rings (SSSR count). The fourth-order valence-corrected chi connectivity index (χ4v) is 2.93. The lowest BCUT2D eigenvalue weighted by molar-refractivity contribution is 0.104. The highest BCUT2D eigenvalue weighted by atomic mass is 32.1. The number of hydrogen-bond acceptors (Lipinski definition) is 2. The van der Waals surface area contributed by atoms with Crippen LogP contribution in [0.15, 0.2) is 35.8 Å². The summed E-state index contributed by atoms with van der Waals surface area (Å²) in [6.07, 6.45) is 1.58. The zero-order chi connectivity index (χ0) is 12.7. The van der Waals surface area contributed by atoms with Gasteiger partial charge in [0.2, 0.25) is 5.78 Å². The third-order valence-corrected chi connectivity index (χ3v) is 3.98. The molecule has 0 saturated carbocycles. The molecular formula is C14H10FNOS. The van der Waals surface area contributed by atoms with E-state index in [9.17, 15) is 9.18 Å². The van der Waals surface area contributed by atoms with Crippen molar-refractivity contribution in [3.63, 3.8) is 0 Å². The molecular weight excluding hydrogens is 249 g/mol. The highest BCUT2D eigenvalue weighted by Gasteiger charge is 2.19. The van der Waals surface area contributed by atoms with E-state index in [1.54, 1.807) is 18.3 Å². The predicted octanol–water partition coefficient (Wildman–Crippen LogP) is 3.91. The van der Waals surface area contributed by atoms with Crippen LogP contribution in [0.1, 0.15) is 20.8 Å². The van der Waals surface area contributed by atoms with Crippen molar-refractivity contribution in [3.8, 4) is 0 Å². The smallest absolute Gasteiger partial charge is 0.205 e.